The fourth-order valence-electron chi connectivity index (χ4n) is 1.96. The van der Waals surface area contributed by atoms with Gasteiger partial charge in [-0.2, -0.15) is 0 Å². The van der Waals surface area contributed by atoms with E-state index in [4.69, 9.17) is 17.3 Å². The normalized spacial score (nSPS) is 10.5. The molecule has 0 aliphatic heterocycles. The average molecular weight is 378 g/mol. The molecule has 0 amide bonds. The first-order valence-electron chi connectivity index (χ1n) is 6.76. The van der Waals surface area contributed by atoms with Crippen molar-refractivity contribution >= 4 is 40.3 Å². The Labute approximate surface area is 147 Å². The molecule has 2 N–H and O–H groups in total. The SMILES string of the molecule is Nc1ccc2ncc([N+](=O)[O-])n2n1.O=[N+]([O-])c1cnc2ccc(Cl)nn12. The molecule has 26 heavy (non-hydrogen) atoms. The lowest BCUT2D eigenvalue weighted by molar-refractivity contribution is -0.391. The summed E-state index contributed by atoms with van der Waals surface area (Å²) < 4.78 is 2.18. The van der Waals surface area contributed by atoms with Crippen LogP contribution >= 0.6 is 11.6 Å². The molecule has 0 saturated carbocycles. The van der Waals surface area contributed by atoms with Crippen molar-refractivity contribution in [2.24, 2.45) is 0 Å². The van der Waals surface area contributed by atoms with Gasteiger partial charge in [0, 0.05) is 12.1 Å². The summed E-state index contributed by atoms with van der Waals surface area (Å²) in [6.07, 6.45) is 2.28. The number of halogens is 1. The van der Waals surface area contributed by atoms with Crippen LogP contribution in [0.25, 0.3) is 11.3 Å². The van der Waals surface area contributed by atoms with Gasteiger partial charge in [-0.3, -0.25) is 0 Å². The van der Waals surface area contributed by atoms with E-state index in [2.05, 4.69) is 20.2 Å². The van der Waals surface area contributed by atoms with Gasteiger partial charge in [0.2, 0.25) is 11.3 Å². The van der Waals surface area contributed by atoms with E-state index in [0.717, 1.165) is 21.4 Å². The second kappa shape index (κ2) is 6.56. The monoisotopic (exact) mass is 377 g/mol. The standard InChI is InChI=1S/C6H3ClN4O2.C6H5N5O2/c2*7-4-1-2-5-8-3-6(11(12)13)10(5)9-4/h1-3H;1-3H,(H2,7,9). The van der Waals surface area contributed by atoms with Crippen molar-refractivity contribution in [1.29, 1.82) is 0 Å². The topological polar surface area (TPSA) is 173 Å². The van der Waals surface area contributed by atoms with Crippen molar-refractivity contribution in [3.05, 3.63) is 62.0 Å². The Morgan fingerprint density at radius 2 is 1.38 bits per heavy atom. The maximum atomic E-state index is 10.5. The van der Waals surface area contributed by atoms with Crippen LogP contribution in [0.4, 0.5) is 17.5 Å². The lowest BCUT2D eigenvalue weighted by atomic mass is 10.5. The maximum absolute atomic E-state index is 10.5. The van der Waals surface area contributed by atoms with E-state index < -0.39 is 9.85 Å². The van der Waals surface area contributed by atoms with Crippen LogP contribution in [-0.4, -0.2) is 39.0 Å². The fourth-order valence-corrected chi connectivity index (χ4v) is 2.10. The minimum Gasteiger partial charge on any atom is -0.381 e. The van der Waals surface area contributed by atoms with Crippen molar-refractivity contribution in [2.75, 3.05) is 5.73 Å². The Balaban J connectivity index is 0.000000151. The number of imidazole rings is 2. The zero-order valence-electron chi connectivity index (χ0n) is 12.6. The molecule has 0 fully saturated rings. The van der Waals surface area contributed by atoms with Gasteiger partial charge in [0.25, 0.3) is 0 Å². The largest absolute Gasteiger partial charge is 0.381 e. The van der Waals surface area contributed by atoms with Gasteiger partial charge in [-0.1, -0.05) is 30.8 Å². The summed E-state index contributed by atoms with van der Waals surface area (Å²) in [5.74, 6) is -0.173. The van der Waals surface area contributed by atoms with E-state index >= 15 is 0 Å². The Morgan fingerprint density at radius 1 is 0.885 bits per heavy atom. The number of hydrogen-bond donors (Lipinski definition) is 1. The molecule has 0 spiro atoms. The highest BCUT2D eigenvalue weighted by Gasteiger charge is 2.15. The van der Waals surface area contributed by atoms with Crippen LogP contribution in [0.2, 0.25) is 5.15 Å². The van der Waals surface area contributed by atoms with Gasteiger partial charge >= 0.3 is 11.6 Å². The molecule has 4 rings (SSSR count). The highest BCUT2D eigenvalue weighted by molar-refractivity contribution is 6.29. The molecule has 0 aliphatic rings. The second-order valence-corrected chi connectivity index (χ2v) is 5.09. The predicted molar refractivity (Wildman–Crippen MR) is 88.7 cm³/mol. The van der Waals surface area contributed by atoms with E-state index in [1.807, 2.05) is 0 Å². The van der Waals surface area contributed by atoms with E-state index in [1.54, 1.807) is 12.1 Å². The molecule has 4 aromatic rings. The number of nitrogens with two attached hydrogens (primary N) is 1. The van der Waals surface area contributed by atoms with Crippen LogP contribution < -0.4 is 5.73 Å². The number of rotatable bonds is 2. The van der Waals surface area contributed by atoms with Gasteiger partial charge in [0.05, 0.1) is 0 Å². The Bertz CT molecular complexity index is 1050. The molecular formula is C12H8ClN9O4. The Hall–Kier alpha value is -3.87. The van der Waals surface area contributed by atoms with Crippen molar-refractivity contribution in [1.82, 2.24) is 29.2 Å². The summed E-state index contributed by atoms with van der Waals surface area (Å²) in [4.78, 5) is 27.3. The smallest absolute Gasteiger partial charge is 0.368 e. The summed E-state index contributed by atoms with van der Waals surface area (Å²) in [6.45, 7) is 0. The zero-order chi connectivity index (χ0) is 18.8. The van der Waals surface area contributed by atoms with Crippen LogP contribution in [-0.2, 0) is 0 Å². The molecule has 14 heteroatoms. The van der Waals surface area contributed by atoms with Crippen LogP contribution in [0.15, 0.2) is 36.7 Å². The molecule has 0 aromatic carbocycles. The molecule has 0 unspecified atom stereocenters. The van der Waals surface area contributed by atoms with Gasteiger partial charge in [0.15, 0.2) is 11.0 Å². The minimum atomic E-state index is -0.566. The number of nitro groups is 2. The molecule has 132 valence electrons. The van der Waals surface area contributed by atoms with E-state index in [9.17, 15) is 20.2 Å². The van der Waals surface area contributed by atoms with Crippen LogP contribution in [0.1, 0.15) is 0 Å². The van der Waals surface area contributed by atoms with Gasteiger partial charge < -0.3 is 26.0 Å². The number of nitrogen functional groups attached to an aromatic ring is 1. The average Bonchev–Trinajstić information content (AvgIpc) is 3.18. The Morgan fingerprint density at radius 3 is 1.92 bits per heavy atom. The van der Waals surface area contributed by atoms with Crippen LogP contribution in [0, 0.1) is 20.2 Å². The molecule has 0 saturated heterocycles. The highest BCUT2D eigenvalue weighted by Crippen LogP contribution is 2.14. The predicted octanol–water partition coefficient (Wildman–Crippen LogP) is 1.51. The fraction of sp³-hybridized carbons (Fsp3) is 0. The first-order valence-corrected chi connectivity index (χ1v) is 7.14. The van der Waals surface area contributed by atoms with Gasteiger partial charge in [-0.25, -0.2) is 9.97 Å². The Kier molecular flexibility index (Phi) is 4.28. The van der Waals surface area contributed by atoms with Gasteiger partial charge in [-0.15, -0.1) is 0 Å². The summed E-state index contributed by atoms with van der Waals surface area (Å²) in [5, 5.41) is 28.6. The molecule has 0 atom stereocenters. The third-order valence-electron chi connectivity index (χ3n) is 3.05. The van der Waals surface area contributed by atoms with Crippen LogP contribution in [0.3, 0.4) is 0 Å². The van der Waals surface area contributed by atoms with Crippen molar-refractivity contribution in [3.8, 4) is 0 Å². The summed E-state index contributed by atoms with van der Waals surface area (Å²) in [5.41, 5.74) is 6.17. The molecule has 0 bridgehead atoms. The highest BCUT2D eigenvalue weighted by atomic mass is 35.5. The first kappa shape index (κ1) is 17.0. The maximum Gasteiger partial charge on any atom is 0.368 e. The van der Waals surface area contributed by atoms with Crippen molar-refractivity contribution < 1.29 is 9.85 Å². The number of hydrogen-bond acceptors (Lipinski definition) is 9. The van der Waals surface area contributed by atoms with Gasteiger partial charge in [-0.05, 0) is 22.0 Å². The lowest BCUT2D eigenvalue weighted by Gasteiger charge is -1.91. The van der Waals surface area contributed by atoms with Crippen molar-refractivity contribution in [2.45, 2.75) is 0 Å². The molecule has 0 aliphatic carbocycles. The van der Waals surface area contributed by atoms with E-state index in [-0.39, 0.29) is 22.6 Å². The molecule has 4 heterocycles. The molecule has 4 aromatic heterocycles. The third kappa shape index (κ3) is 3.18. The summed E-state index contributed by atoms with van der Waals surface area (Å²) >= 11 is 5.57. The number of fused-ring (bicyclic) bond motifs is 2. The first-order chi connectivity index (χ1) is 12.4. The van der Waals surface area contributed by atoms with Crippen LogP contribution in [0.5, 0.6) is 0 Å². The lowest BCUT2D eigenvalue weighted by Crippen LogP contribution is -2.00. The van der Waals surface area contributed by atoms with Gasteiger partial charge in [0.1, 0.15) is 12.4 Å². The minimum absolute atomic E-state index is 0.189. The number of nitrogens with zero attached hydrogens (tertiary/aromatic N) is 8. The van der Waals surface area contributed by atoms with E-state index in [0.29, 0.717) is 11.3 Å². The van der Waals surface area contributed by atoms with Crippen molar-refractivity contribution in [3.63, 3.8) is 0 Å². The number of anilines is 1. The summed E-state index contributed by atoms with van der Waals surface area (Å²) in [7, 11) is 0. The molecule has 13 nitrogen and oxygen atoms in total. The second-order valence-electron chi connectivity index (χ2n) is 4.70. The molecule has 0 radical (unpaired) electrons. The quantitative estimate of drug-likeness (QED) is 0.401. The third-order valence-corrected chi connectivity index (χ3v) is 3.25. The van der Waals surface area contributed by atoms with E-state index in [1.165, 1.54) is 12.1 Å². The molecular weight excluding hydrogens is 370 g/mol. The zero-order valence-corrected chi connectivity index (χ0v) is 13.4. The number of aromatic nitrogens is 6. The summed E-state index contributed by atoms with van der Waals surface area (Å²) in [6, 6.07) is 6.18.